The molecule has 0 atom stereocenters. The fourth-order valence-corrected chi connectivity index (χ4v) is 2.31. The quantitative estimate of drug-likeness (QED) is 0.787. The van der Waals surface area contributed by atoms with E-state index < -0.39 is 5.97 Å². The van der Waals surface area contributed by atoms with Crippen LogP contribution in [0.3, 0.4) is 0 Å². The van der Waals surface area contributed by atoms with Gasteiger partial charge in [0.2, 0.25) is 0 Å². The number of amides is 1. The molecular formula is C20H23NO4. The maximum Gasteiger partial charge on any atom is 0.310 e. The molecule has 0 aromatic heterocycles. The van der Waals surface area contributed by atoms with Gasteiger partial charge < -0.3 is 14.8 Å². The molecule has 0 saturated carbocycles. The van der Waals surface area contributed by atoms with Crippen LogP contribution in [-0.4, -0.2) is 25.6 Å². The van der Waals surface area contributed by atoms with E-state index in [0.717, 1.165) is 22.4 Å². The van der Waals surface area contributed by atoms with Crippen LogP contribution in [0.25, 0.3) is 0 Å². The SMILES string of the molecule is COc1cccc(CNC(=O)COC(=O)Cc2ccc(C)c(C)c2)c1. The summed E-state index contributed by atoms with van der Waals surface area (Å²) in [6.45, 7) is 4.08. The van der Waals surface area contributed by atoms with Crippen LogP contribution in [0, 0.1) is 13.8 Å². The number of hydrogen-bond acceptors (Lipinski definition) is 4. The highest BCUT2D eigenvalue weighted by molar-refractivity contribution is 5.81. The summed E-state index contributed by atoms with van der Waals surface area (Å²) in [4.78, 5) is 23.7. The molecule has 0 fully saturated rings. The highest BCUT2D eigenvalue weighted by Gasteiger charge is 2.09. The number of hydrogen-bond donors (Lipinski definition) is 1. The molecule has 1 amide bonds. The van der Waals surface area contributed by atoms with Crippen molar-refractivity contribution in [3.05, 3.63) is 64.7 Å². The lowest BCUT2D eigenvalue weighted by Gasteiger charge is -2.08. The Labute approximate surface area is 148 Å². The van der Waals surface area contributed by atoms with Crippen molar-refractivity contribution in [3.63, 3.8) is 0 Å². The van der Waals surface area contributed by atoms with Crippen LogP contribution in [0.2, 0.25) is 0 Å². The molecule has 5 heteroatoms. The molecule has 2 aromatic rings. The van der Waals surface area contributed by atoms with Crippen LogP contribution in [0.1, 0.15) is 22.3 Å². The van der Waals surface area contributed by atoms with Crippen LogP contribution in [0.15, 0.2) is 42.5 Å². The average Bonchev–Trinajstić information content (AvgIpc) is 2.61. The zero-order valence-electron chi connectivity index (χ0n) is 14.8. The van der Waals surface area contributed by atoms with Crippen molar-refractivity contribution in [2.45, 2.75) is 26.8 Å². The first-order valence-electron chi connectivity index (χ1n) is 8.09. The van der Waals surface area contributed by atoms with Crippen molar-refractivity contribution < 1.29 is 19.1 Å². The van der Waals surface area contributed by atoms with Gasteiger partial charge >= 0.3 is 5.97 Å². The van der Waals surface area contributed by atoms with Crippen LogP contribution >= 0.6 is 0 Å². The Bertz CT molecular complexity index is 755. The summed E-state index contributed by atoms with van der Waals surface area (Å²) in [6.07, 6.45) is 0.157. The van der Waals surface area contributed by atoms with E-state index in [4.69, 9.17) is 9.47 Å². The van der Waals surface area contributed by atoms with E-state index in [1.54, 1.807) is 7.11 Å². The molecule has 0 bridgehead atoms. The second kappa shape index (κ2) is 8.87. The van der Waals surface area contributed by atoms with Crippen LogP contribution < -0.4 is 10.1 Å². The summed E-state index contributed by atoms with van der Waals surface area (Å²) < 4.78 is 10.2. The molecule has 0 unspecified atom stereocenters. The summed E-state index contributed by atoms with van der Waals surface area (Å²) in [7, 11) is 1.59. The Morgan fingerprint density at radius 1 is 1.00 bits per heavy atom. The van der Waals surface area contributed by atoms with E-state index in [2.05, 4.69) is 5.32 Å². The maximum absolute atomic E-state index is 11.9. The van der Waals surface area contributed by atoms with Crippen molar-refractivity contribution in [2.24, 2.45) is 0 Å². The minimum atomic E-state index is -0.417. The van der Waals surface area contributed by atoms with Gasteiger partial charge in [0, 0.05) is 6.54 Å². The Hall–Kier alpha value is -2.82. The minimum absolute atomic E-state index is 0.157. The van der Waals surface area contributed by atoms with Crippen molar-refractivity contribution >= 4 is 11.9 Å². The molecule has 0 heterocycles. The molecule has 0 aliphatic rings. The van der Waals surface area contributed by atoms with Gasteiger partial charge in [-0.2, -0.15) is 0 Å². The van der Waals surface area contributed by atoms with E-state index in [1.165, 1.54) is 5.56 Å². The number of carbonyl (C=O) groups excluding carboxylic acids is 2. The molecular weight excluding hydrogens is 318 g/mol. The topological polar surface area (TPSA) is 64.6 Å². The Morgan fingerprint density at radius 3 is 2.52 bits per heavy atom. The fraction of sp³-hybridized carbons (Fsp3) is 0.300. The smallest absolute Gasteiger partial charge is 0.310 e. The lowest BCUT2D eigenvalue weighted by Crippen LogP contribution is -2.28. The van der Waals surface area contributed by atoms with Crippen LogP contribution in [-0.2, 0) is 27.3 Å². The standard InChI is InChI=1S/C20H23NO4/c1-14-7-8-16(9-15(14)2)11-20(23)25-13-19(22)21-12-17-5-4-6-18(10-17)24-3/h4-10H,11-13H2,1-3H3,(H,21,22). The lowest BCUT2D eigenvalue weighted by molar-refractivity contribution is -0.147. The van der Waals surface area contributed by atoms with E-state index in [1.807, 2.05) is 56.3 Å². The molecule has 0 saturated heterocycles. The number of carbonyl (C=O) groups is 2. The summed E-state index contributed by atoms with van der Waals surface area (Å²) in [5, 5.41) is 2.71. The van der Waals surface area contributed by atoms with Crippen molar-refractivity contribution in [3.8, 4) is 5.75 Å². The summed E-state index contributed by atoms with van der Waals surface area (Å²) in [6, 6.07) is 13.2. The molecule has 0 aliphatic carbocycles. The molecule has 5 nitrogen and oxygen atoms in total. The number of nitrogens with one attached hydrogen (secondary N) is 1. The second-order valence-electron chi connectivity index (χ2n) is 5.88. The van der Waals surface area contributed by atoms with E-state index in [9.17, 15) is 9.59 Å². The fourth-order valence-electron chi connectivity index (χ4n) is 2.31. The second-order valence-corrected chi connectivity index (χ2v) is 5.88. The van der Waals surface area contributed by atoms with E-state index >= 15 is 0 Å². The normalized spacial score (nSPS) is 10.2. The van der Waals surface area contributed by atoms with Crippen LogP contribution in [0.5, 0.6) is 5.75 Å². The molecule has 0 spiro atoms. The maximum atomic E-state index is 11.9. The number of aryl methyl sites for hydroxylation is 2. The molecule has 1 N–H and O–H groups in total. The number of benzene rings is 2. The third-order valence-corrected chi connectivity index (χ3v) is 3.91. The first kappa shape index (κ1) is 18.5. The first-order valence-corrected chi connectivity index (χ1v) is 8.09. The van der Waals surface area contributed by atoms with Gasteiger partial charge in [-0.3, -0.25) is 9.59 Å². The van der Waals surface area contributed by atoms with Gasteiger partial charge in [-0.15, -0.1) is 0 Å². The predicted octanol–water partition coefficient (Wildman–Crippen LogP) is 2.71. The monoisotopic (exact) mass is 341 g/mol. The third-order valence-electron chi connectivity index (χ3n) is 3.91. The van der Waals surface area contributed by atoms with Gasteiger partial charge in [-0.05, 0) is 48.2 Å². The van der Waals surface area contributed by atoms with Gasteiger partial charge in [-0.1, -0.05) is 30.3 Å². The van der Waals surface area contributed by atoms with E-state index in [-0.39, 0.29) is 18.9 Å². The summed E-state index contributed by atoms with van der Waals surface area (Å²) in [5.74, 6) is -0.0254. The van der Waals surface area contributed by atoms with Gasteiger partial charge in [0.1, 0.15) is 5.75 Å². The molecule has 0 aliphatic heterocycles. The summed E-state index contributed by atoms with van der Waals surface area (Å²) in [5.41, 5.74) is 4.09. The Kier molecular flexibility index (Phi) is 6.57. The highest BCUT2D eigenvalue weighted by atomic mass is 16.5. The Morgan fingerprint density at radius 2 is 1.80 bits per heavy atom. The Balaban J connectivity index is 1.75. The van der Waals surface area contributed by atoms with Crippen molar-refractivity contribution in [1.82, 2.24) is 5.32 Å². The molecule has 132 valence electrons. The molecule has 25 heavy (non-hydrogen) atoms. The van der Waals surface area contributed by atoms with Gasteiger partial charge in [0.15, 0.2) is 6.61 Å². The number of esters is 1. The number of methoxy groups -OCH3 is 1. The van der Waals surface area contributed by atoms with Gasteiger partial charge in [0.25, 0.3) is 5.91 Å². The molecule has 0 radical (unpaired) electrons. The highest BCUT2D eigenvalue weighted by Crippen LogP contribution is 2.12. The average molecular weight is 341 g/mol. The van der Waals surface area contributed by atoms with Gasteiger partial charge in [0.05, 0.1) is 13.5 Å². The third kappa shape index (κ3) is 5.95. The largest absolute Gasteiger partial charge is 0.497 e. The number of rotatable bonds is 7. The molecule has 2 aromatic carbocycles. The predicted molar refractivity (Wildman–Crippen MR) is 95.4 cm³/mol. The molecule has 2 rings (SSSR count). The van der Waals surface area contributed by atoms with Gasteiger partial charge in [-0.25, -0.2) is 0 Å². The van der Waals surface area contributed by atoms with Crippen LogP contribution in [0.4, 0.5) is 0 Å². The zero-order valence-corrected chi connectivity index (χ0v) is 14.8. The zero-order chi connectivity index (χ0) is 18.2. The van der Waals surface area contributed by atoms with E-state index in [0.29, 0.717) is 6.54 Å². The van der Waals surface area contributed by atoms with Crippen molar-refractivity contribution in [2.75, 3.05) is 13.7 Å². The minimum Gasteiger partial charge on any atom is -0.497 e. The van der Waals surface area contributed by atoms with Crippen molar-refractivity contribution in [1.29, 1.82) is 0 Å². The lowest BCUT2D eigenvalue weighted by atomic mass is 10.0. The summed E-state index contributed by atoms with van der Waals surface area (Å²) >= 11 is 0. The number of ether oxygens (including phenoxy) is 2. The first-order chi connectivity index (χ1) is 12.0.